The van der Waals surface area contributed by atoms with Crippen molar-refractivity contribution in [2.45, 2.75) is 38.6 Å². The molecule has 0 bridgehead atoms. The highest BCUT2D eigenvalue weighted by atomic mass is 16.5. The molecule has 2 aromatic carbocycles. The number of nitrogens with zero attached hydrogens (tertiary/aromatic N) is 2. The van der Waals surface area contributed by atoms with E-state index in [1.807, 2.05) is 0 Å². The van der Waals surface area contributed by atoms with Crippen molar-refractivity contribution in [3.05, 3.63) is 64.7 Å². The lowest BCUT2D eigenvalue weighted by Crippen LogP contribution is -2.52. The zero-order valence-corrected chi connectivity index (χ0v) is 18.3. The molecule has 2 aromatic rings. The van der Waals surface area contributed by atoms with Crippen LogP contribution in [0.15, 0.2) is 42.4 Å². The highest BCUT2D eigenvalue weighted by Gasteiger charge is 2.40. The van der Waals surface area contributed by atoms with Crippen LogP contribution in [0, 0.1) is 0 Å². The number of benzene rings is 2. The summed E-state index contributed by atoms with van der Waals surface area (Å²) in [5.74, 6) is -1.13. The molecule has 3 aliphatic heterocycles. The summed E-state index contributed by atoms with van der Waals surface area (Å²) < 4.78 is 36.3. The predicted octanol–water partition coefficient (Wildman–Crippen LogP) is 1.39. The van der Waals surface area contributed by atoms with Crippen LogP contribution >= 0.6 is 0 Å². The molecule has 1 N–H and O–H groups in total. The number of hydrogen-bond donors (Lipinski definition) is 1. The van der Waals surface area contributed by atoms with E-state index in [4.69, 9.17) is 13.6 Å². The lowest BCUT2D eigenvalue weighted by Gasteiger charge is -2.29. The molecule has 9 heteroatoms. The number of carbonyl (C=O) groups is 4. The van der Waals surface area contributed by atoms with Crippen molar-refractivity contribution in [2.24, 2.45) is 0 Å². The maximum absolute atomic E-state index is 13.0. The Kier molecular flexibility index (Phi) is 5.09. The number of carbonyl (C=O) groups excluding carboxylic acids is 4. The smallest absolute Gasteiger partial charge is 0.255 e. The lowest BCUT2D eigenvalue weighted by atomic mass is 10.0. The number of imide groups is 1. The van der Waals surface area contributed by atoms with Gasteiger partial charge in [0.05, 0.1) is 17.3 Å². The first-order valence-corrected chi connectivity index (χ1v) is 11.0. The average Bonchev–Trinajstić information content (AvgIpc) is 3.19. The molecule has 0 radical (unpaired) electrons. The lowest BCUT2D eigenvalue weighted by molar-refractivity contribution is -0.143. The Bertz CT molecular complexity index is 1280. The van der Waals surface area contributed by atoms with Crippen molar-refractivity contribution in [1.29, 1.82) is 0 Å². The third-order valence-corrected chi connectivity index (χ3v) is 6.12. The van der Waals surface area contributed by atoms with Gasteiger partial charge in [0, 0.05) is 30.6 Å². The van der Waals surface area contributed by atoms with Crippen molar-refractivity contribution >= 4 is 23.6 Å². The minimum Gasteiger partial charge on any atom is -0.489 e. The summed E-state index contributed by atoms with van der Waals surface area (Å²) in [5.41, 5.74) is 1.56. The van der Waals surface area contributed by atoms with Gasteiger partial charge in [0.15, 0.2) is 0 Å². The summed E-state index contributed by atoms with van der Waals surface area (Å²) >= 11 is 0. The van der Waals surface area contributed by atoms with E-state index >= 15 is 0 Å². The highest BCUT2D eigenvalue weighted by Crippen LogP contribution is 2.34. The molecule has 3 aliphatic rings. The summed E-state index contributed by atoms with van der Waals surface area (Å²) in [6.07, 6.45) is 0.387. The van der Waals surface area contributed by atoms with E-state index in [1.54, 1.807) is 23.1 Å². The molecule has 9 nitrogen and oxygen atoms in total. The topological polar surface area (TPSA) is 105 Å². The van der Waals surface area contributed by atoms with Crippen LogP contribution in [0.5, 0.6) is 5.75 Å². The van der Waals surface area contributed by atoms with E-state index in [0.717, 1.165) is 0 Å². The number of ether oxygens (including phenoxy) is 2. The van der Waals surface area contributed by atoms with Crippen LogP contribution < -0.4 is 10.1 Å². The van der Waals surface area contributed by atoms with Crippen LogP contribution in [0.2, 0.25) is 0 Å². The maximum Gasteiger partial charge on any atom is 0.255 e. The number of amides is 4. The predicted molar refractivity (Wildman–Crippen MR) is 119 cm³/mol. The van der Waals surface area contributed by atoms with Crippen molar-refractivity contribution in [3.63, 3.8) is 0 Å². The largest absolute Gasteiger partial charge is 0.489 e. The van der Waals surface area contributed by atoms with Gasteiger partial charge in [-0.05, 0) is 29.7 Å². The van der Waals surface area contributed by atoms with Crippen molar-refractivity contribution in [1.82, 2.24) is 15.1 Å². The quantitative estimate of drug-likeness (QED) is 0.645. The molecule has 0 aliphatic carbocycles. The molecule has 5 rings (SSSR count). The SMILES string of the molecule is [2H]c1cc(C([2H])Oc2cccc3c2CN(C2CCC(=O)NC2=O)C3=O)cc([2H])c1CN1CCOCC1=O. The van der Waals surface area contributed by atoms with Gasteiger partial charge in [0.1, 0.15) is 25.0 Å². The first kappa shape index (κ1) is 18.7. The molecule has 3 heterocycles. The second-order valence-electron chi connectivity index (χ2n) is 8.34. The standard InChI is InChI=1S/C25H25N3O6/c29-22-9-8-20(24(31)26-22)28-13-19-18(25(28)32)2-1-3-21(19)34-14-17-6-4-16(5-7-17)12-27-10-11-33-15-23(27)30/h1-7,20H,8-15H2,(H,26,29,31)/i4D,5D,14D. The van der Waals surface area contributed by atoms with E-state index in [9.17, 15) is 19.2 Å². The van der Waals surface area contributed by atoms with Crippen molar-refractivity contribution < 1.29 is 32.8 Å². The first-order valence-electron chi connectivity index (χ1n) is 12.6. The molecule has 2 atom stereocenters. The molecule has 0 spiro atoms. The van der Waals surface area contributed by atoms with Gasteiger partial charge in [0.25, 0.3) is 5.91 Å². The van der Waals surface area contributed by atoms with E-state index in [2.05, 4.69) is 5.32 Å². The molecular formula is C25H25N3O6. The van der Waals surface area contributed by atoms with Gasteiger partial charge >= 0.3 is 0 Å². The Hall–Kier alpha value is -3.72. The van der Waals surface area contributed by atoms with Crippen LogP contribution in [-0.2, 0) is 38.8 Å². The minimum atomic E-state index is -1.28. The summed E-state index contributed by atoms with van der Waals surface area (Å²) in [6.45, 7) is -0.294. The summed E-state index contributed by atoms with van der Waals surface area (Å²) in [5, 5.41) is 2.27. The number of fused-ring (bicyclic) bond motifs is 1. The second kappa shape index (κ2) is 9.26. The van der Waals surface area contributed by atoms with Crippen LogP contribution in [0.4, 0.5) is 0 Å². The molecule has 34 heavy (non-hydrogen) atoms. The Morgan fingerprint density at radius 2 is 1.97 bits per heavy atom. The van der Waals surface area contributed by atoms with E-state index in [1.165, 1.54) is 17.0 Å². The molecule has 2 fully saturated rings. The third-order valence-electron chi connectivity index (χ3n) is 6.12. The zero-order valence-electron chi connectivity index (χ0n) is 21.3. The Balaban J connectivity index is 1.33. The summed E-state index contributed by atoms with van der Waals surface area (Å²) in [7, 11) is 0. The molecular weight excluding hydrogens is 438 g/mol. The van der Waals surface area contributed by atoms with Gasteiger partial charge < -0.3 is 19.3 Å². The van der Waals surface area contributed by atoms with Gasteiger partial charge in [-0.15, -0.1) is 0 Å². The van der Waals surface area contributed by atoms with Crippen LogP contribution in [-0.4, -0.2) is 59.2 Å². The van der Waals surface area contributed by atoms with E-state index < -0.39 is 18.5 Å². The fraction of sp³-hybridized carbons (Fsp3) is 0.360. The Morgan fingerprint density at radius 3 is 2.74 bits per heavy atom. The van der Waals surface area contributed by atoms with E-state index in [-0.39, 0.29) is 67.9 Å². The average molecular weight is 467 g/mol. The normalized spacial score (nSPS) is 22.6. The summed E-state index contributed by atoms with van der Waals surface area (Å²) in [4.78, 5) is 51.8. The highest BCUT2D eigenvalue weighted by molar-refractivity contribution is 6.05. The number of morpholine rings is 1. The summed E-state index contributed by atoms with van der Waals surface area (Å²) in [6, 6.07) is 7.06. The Morgan fingerprint density at radius 1 is 1.15 bits per heavy atom. The number of rotatable bonds is 6. The molecule has 4 amide bonds. The van der Waals surface area contributed by atoms with Crippen molar-refractivity contribution in [3.8, 4) is 5.75 Å². The fourth-order valence-corrected chi connectivity index (χ4v) is 4.29. The van der Waals surface area contributed by atoms with Crippen LogP contribution in [0.3, 0.4) is 0 Å². The van der Waals surface area contributed by atoms with E-state index in [0.29, 0.717) is 35.6 Å². The number of nitrogens with one attached hydrogen (secondary N) is 1. The molecule has 176 valence electrons. The number of hydrogen-bond acceptors (Lipinski definition) is 6. The zero-order chi connectivity index (χ0) is 26.3. The molecule has 2 saturated heterocycles. The van der Waals surface area contributed by atoms with Crippen LogP contribution in [0.25, 0.3) is 0 Å². The molecule has 2 unspecified atom stereocenters. The second-order valence-corrected chi connectivity index (χ2v) is 8.34. The molecule has 0 saturated carbocycles. The van der Waals surface area contributed by atoms with Gasteiger partial charge in [-0.2, -0.15) is 0 Å². The van der Waals surface area contributed by atoms with Gasteiger partial charge in [0.2, 0.25) is 17.7 Å². The molecule has 0 aromatic heterocycles. The minimum absolute atomic E-state index is 0.0216. The van der Waals surface area contributed by atoms with Gasteiger partial charge in [-0.1, -0.05) is 30.3 Å². The number of piperidine rings is 1. The first-order chi connectivity index (χ1) is 17.7. The monoisotopic (exact) mass is 466 g/mol. The van der Waals surface area contributed by atoms with Crippen LogP contribution in [0.1, 0.15) is 44.0 Å². The van der Waals surface area contributed by atoms with Gasteiger partial charge in [-0.25, -0.2) is 0 Å². The Labute approximate surface area is 200 Å². The maximum atomic E-state index is 13.0. The van der Waals surface area contributed by atoms with Gasteiger partial charge in [-0.3, -0.25) is 24.5 Å². The third kappa shape index (κ3) is 4.38. The fourth-order valence-electron chi connectivity index (χ4n) is 4.29. The van der Waals surface area contributed by atoms with Crippen molar-refractivity contribution in [2.75, 3.05) is 19.8 Å².